The largest absolute Gasteiger partial charge is 0.367 e. The van der Waals surface area contributed by atoms with Crippen LogP contribution in [0.25, 0.3) is 0 Å². The van der Waals surface area contributed by atoms with Crippen LogP contribution in [0.5, 0.6) is 0 Å². The van der Waals surface area contributed by atoms with Gasteiger partial charge in [-0.25, -0.2) is 0 Å². The second kappa shape index (κ2) is 4.78. The lowest BCUT2D eigenvalue weighted by atomic mass is 10.2. The standard InChI is InChI=1S/C12H17N3O3/c1-8(16)5-11-13-12(14-18-11)10-6-15-4-2-3-9(15)7-17-10/h9-10H,2-7H2,1H3. The molecule has 1 aromatic rings. The maximum atomic E-state index is 11.0. The molecular formula is C12H17N3O3. The second-order valence-corrected chi connectivity index (χ2v) is 5.04. The molecule has 0 aliphatic carbocycles. The number of Topliss-reactive ketones (excluding diaryl/α,β-unsaturated/α-hetero) is 1. The molecular weight excluding hydrogens is 234 g/mol. The van der Waals surface area contributed by atoms with Crippen LogP contribution in [0.2, 0.25) is 0 Å². The van der Waals surface area contributed by atoms with E-state index in [9.17, 15) is 4.79 Å². The Bertz CT molecular complexity index is 446. The van der Waals surface area contributed by atoms with Crippen molar-refractivity contribution in [3.05, 3.63) is 11.7 Å². The number of fused-ring (bicyclic) bond motifs is 1. The topological polar surface area (TPSA) is 68.5 Å². The minimum absolute atomic E-state index is 0.0226. The molecule has 2 fully saturated rings. The first kappa shape index (κ1) is 11.8. The molecule has 2 atom stereocenters. The molecule has 0 spiro atoms. The fourth-order valence-electron chi connectivity index (χ4n) is 2.66. The molecule has 3 heterocycles. The molecule has 6 nitrogen and oxygen atoms in total. The van der Waals surface area contributed by atoms with Crippen molar-refractivity contribution in [1.29, 1.82) is 0 Å². The number of hydrogen-bond acceptors (Lipinski definition) is 6. The van der Waals surface area contributed by atoms with Crippen molar-refractivity contribution in [2.45, 2.75) is 38.3 Å². The number of rotatable bonds is 3. The molecule has 18 heavy (non-hydrogen) atoms. The third-order valence-electron chi connectivity index (χ3n) is 3.56. The Balaban J connectivity index is 1.67. The molecule has 2 saturated heterocycles. The zero-order valence-corrected chi connectivity index (χ0v) is 10.5. The normalized spacial score (nSPS) is 28.3. The first-order chi connectivity index (χ1) is 8.72. The predicted octanol–water partition coefficient (Wildman–Crippen LogP) is 0.737. The van der Waals surface area contributed by atoms with Crippen LogP contribution >= 0.6 is 0 Å². The third-order valence-corrected chi connectivity index (χ3v) is 3.56. The molecule has 2 aliphatic heterocycles. The Morgan fingerprint density at radius 1 is 1.56 bits per heavy atom. The van der Waals surface area contributed by atoms with Crippen LogP contribution in [-0.4, -0.2) is 46.6 Å². The zero-order valence-electron chi connectivity index (χ0n) is 10.5. The van der Waals surface area contributed by atoms with E-state index in [1.165, 1.54) is 19.8 Å². The number of hydrogen-bond donors (Lipinski definition) is 0. The van der Waals surface area contributed by atoms with Gasteiger partial charge in [-0.2, -0.15) is 4.98 Å². The Morgan fingerprint density at radius 3 is 3.28 bits per heavy atom. The van der Waals surface area contributed by atoms with E-state index >= 15 is 0 Å². The molecule has 98 valence electrons. The van der Waals surface area contributed by atoms with Crippen LogP contribution in [0, 0.1) is 0 Å². The molecule has 0 aromatic carbocycles. The summed E-state index contributed by atoms with van der Waals surface area (Å²) in [6, 6.07) is 0.560. The van der Waals surface area contributed by atoms with Crippen LogP contribution in [0.1, 0.15) is 37.6 Å². The van der Waals surface area contributed by atoms with Crippen molar-refractivity contribution in [2.75, 3.05) is 19.7 Å². The highest BCUT2D eigenvalue weighted by molar-refractivity contribution is 5.77. The van der Waals surface area contributed by atoms with Crippen LogP contribution < -0.4 is 0 Å². The van der Waals surface area contributed by atoms with Gasteiger partial charge in [0.05, 0.1) is 13.0 Å². The molecule has 0 radical (unpaired) electrons. The smallest absolute Gasteiger partial charge is 0.234 e. The number of morpholine rings is 1. The molecule has 6 heteroatoms. The third kappa shape index (κ3) is 2.30. The molecule has 2 unspecified atom stereocenters. The molecule has 0 amide bonds. The summed E-state index contributed by atoms with van der Waals surface area (Å²) < 4.78 is 10.8. The van der Waals surface area contributed by atoms with Crippen LogP contribution in [0.4, 0.5) is 0 Å². The van der Waals surface area contributed by atoms with Gasteiger partial charge in [0.1, 0.15) is 11.9 Å². The molecule has 0 saturated carbocycles. The lowest BCUT2D eigenvalue weighted by molar-refractivity contribution is -0.116. The van der Waals surface area contributed by atoms with Crippen molar-refractivity contribution in [3.8, 4) is 0 Å². The summed E-state index contributed by atoms with van der Waals surface area (Å²) in [6.45, 7) is 4.20. The fraction of sp³-hybridized carbons (Fsp3) is 0.750. The SMILES string of the molecule is CC(=O)Cc1nc(C2CN3CCCC3CO2)no1. The van der Waals surface area contributed by atoms with Gasteiger partial charge in [0, 0.05) is 12.6 Å². The Morgan fingerprint density at radius 2 is 2.44 bits per heavy atom. The van der Waals surface area contributed by atoms with E-state index in [0.717, 1.165) is 19.7 Å². The average molecular weight is 251 g/mol. The Kier molecular flexibility index (Phi) is 3.13. The lowest BCUT2D eigenvalue weighted by Crippen LogP contribution is -2.42. The molecule has 3 rings (SSSR count). The first-order valence-corrected chi connectivity index (χ1v) is 6.40. The van der Waals surface area contributed by atoms with Crippen molar-refractivity contribution in [2.24, 2.45) is 0 Å². The highest BCUT2D eigenvalue weighted by atomic mass is 16.5. The number of carbonyl (C=O) groups is 1. The van der Waals surface area contributed by atoms with Crippen LogP contribution in [0.15, 0.2) is 4.52 Å². The number of ketones is 1. The van der Waals surface area contributed by atoms with Gasteiger partial charge in [-0.05, 0) is 26.3 Å². The predicted molar refractivity (Wildman–Crippen MR) is 62.0 cm³/mol. The number of ether oxygens (including phenoxy) is 1. The maximum Gasteiger partial charge on any atom is 0.234 e. The summed E-state index contributed by atoms with van der Waals surface area (Å²) in [5.74, 6) is 0.968. The number of aromatic nitrogens is 2. The summed E-state index contributed by atoms with van der Waals surface area (Å²) in [7, 11) is 0. The minimum atomic E-state index is -0.121. The summed E-state index contributed by atoms with van der Waals surface area (Å²) in [6.07, 6.45) is 2.53. The van der Waals surface area contributed by atoms with Crippen molar-refractivity contribution < 1.29 is 14.1 Å². The monoisotopic (exact) mass is 251 g/mol. The van der Waals surface area contributed by atoms with E-state index in [2.05, 4.69) is 15.0 Å². The summed E-state index contributed by atoms with van der Waals surface area (Å²) in [5, 5.41) is 3.92. The number of carbonyl (C=O) groups excluding carboxylic acids is 1. The maximum absolute atomic E-state index is 11.0. The van der Waals surface area contributed by atoms with Gasteiger partial charge in [0.15, 0.2) is 0 Å². The zero-order chi connectivity index (χ0) is 12.5. The van der Waals surface area contributed by atoms with Gasteiger partial charge >= 0.3 is 0 Å². The lowest BCUT2D eigenvalue weighted by Gasteiger charge is -2.33. The molecule has 1 aromatic heterocycles. The average Bonchev–Trinajstić information content (AvgIpc) is 2.95. The summed E-state index contributed by atoms with van der Waals surface area (Å²) in [4.78, 5) is 17.6. The Labute approximate surface area is 105 Å². The van der Waals surface area contributed by atoms with Crippen molar-refractivity contribution in [3.63, 3.8) is 0 Å². The highest BCUT2D eigenvalue weighted by Crippen LogP contribution is 2.28. The van der Waals surface area contributed by atoms with Crippen molar-refractivity contribution >= 4 is 5.78 Å². The first-order valence-electron chi connectivity index (χ1n) is 6.40. The van der Waals surface area contributed by atoms with Gasteiger partial charge in [0.2, 0.25) is 11.7 Å². The van der Waals surface area contributed by atoms with E-state index < -0.39 is 0 Å². The van der Waals surface area contributed by atoms with E-state index in [1.54, 1.807) is 0 Å². The quantitative estimate of drug-likeness (QED) is 0.789. The van der Waals surface area contributed by atoms with Gasteiger partial charge < -0.3 is 9.26 Å². The summed E-state index contributed by atoms with van der Waals surface area (Å²) in [5.41, 5.74) is 0. The van der Waals surface area contributed by atoms with Crippen LogP contribution in [0.3, 0.4) is 0 Å². The van der Waals surface area contributed by atoms with Gasteiger partial charge in [-0.15, -0.1) is 0 Å². The van der Waals surface area contributed by atoms with E-state index in [4.69, 9.17) is 9.26 Å². The van der Waals surface area contributed by atoms with Gasteiger partial charge in [0.25, 0.3) is 0 Å². The molecule has 0 bridgehead atoms. The molecule has 0 N–H and O–H groups in total. The van der Waals surface area contributed by atoms with Gasteiger partial charge in [-0.1, -0.05) is 5.16 Å². The summed E-state index contributed by atoms with van der Waals surface area (Å²) >= 11 is 0. The minimum Gasteiger partial charge on any atom is -0.367 e. The fourth-order valence-corrected chi connectivity index (χ4v) is 2.66. The molecule has 2 aliphatic rings. The Hall–Kier alpha value is -1.27. The van der Waals surface area contributed by atoms with E-state index in [-0.39, 0.29) is 18.3 Å². The highest BCUT2D eigenvalue weighted by Gasteiger charge is 2.34. The van der Waals surface area contributed by atoms with Gasteiger partial charge in [-0.3, -0.25) is 9.69 Å². The van der Waals surface area contributed by atoms with E-state index in [1.807, 2.05) is 0 Å². The second-order valence-electron chi connectivity index (χ2n) is 5.04. The van der Waals surface area contributed by atoms with E-state index in [0.29, 0.717) is 17.8 Å². The number of nitrogens with zero attached hydrogens (tertiary/aromatic N) is 3. The van der Waals surface area contributed by atoms with Crippen molar-refractivity contribution in [1.82, 2.24) is 15.0 Å². The van der Waals surface area contributed by atoms with Crippen LogP contribution in [-0.2, 0) is 16.0 Å².